The Morgan fingerprint density at radius 1 is 0.971 bits per heavy atom. The fraction of sp³-hybridized carbons (Fsp3) is 0.645. The van der Waals surface area contributed by atoms with Gasteiger partial charge in [-0.25, -0.2) is 0 Å². The summed E-state index contributed by atoms with van der Waals surface area (Å²) in [5.41, 5.74) is 8.75. The van der Waals surface area contributed by atoms with Gasteiger partial charge >= 0.3 is 0 Å². The molecule has 2 fully saturated rings. The Balaban J connectivity index is 1.58. The molecule has 3 aliphatic carbocycles. The average Bonchev–Trinajstić information content (AvgIpc) is 3.54. The van der Waals surface area contributed by atoms with Crippen molar-refractivity contribution in [3.8, 4) is 0 Å². The minimum absolute atomic E-state index is 0.0650. The van der Waals surface area contributed by atoms with Crippen LogP contribution in [0.3, 0.4) is 0 Å². The molecule has 6 rings (SSSR count). The SMILES string of the molecule is CC(C)c1ccc([C@H]2OC3(CCCC3)c3c2c(C2CCCC2)nc2c3[C@@H](O)CC(C)(C)C2)cc1. The molecule has 2 aromatic rings. The van der Waals surface area contributed by atoms with Crippen LogP contribution in [-0.4, -0.2) is 10.1 Å². The zero-order valence-corrected chi connectivity index (χ0v) is 21.5. The molecule has 0 radical (unpaired) electrons. The number of aliphatic hydroxyl groups excluding tert-OH is 1. The lowest BCUT2D eigenvalue weighted by Gasteiger charge is -2.38. The van der Waals surface area contributed by atoms with Crippen molar-refractivity contribution in [3.63, 3.8) is 0 Å². The molecule has 0 amide bonds. The van der Waals surface area contributed by atoms with Gasteiger partial charge in [0.25, 0.3) is 0 Å². The van der Waals surface area contributed by atoms with E-state index in [9.17, 15) is 5.11 Å². The van der Waals surface area contributed by atoms with Gasteiger partial charge in [-0.1, -0.05) is 77.6 Å². The summed E-state index contributed by atoms with van der Waals surface area (Å²) in [7, 11) is 0. The molecule has 0 bridgehead atoms. The third kappa shape index (κ3) is 3.57. The lowest BCUT2D eigenvalue weighted by molar-refractivity contribution is -0.0580. The van der Waals surface area contributed by atoms with E-state index in [2.05, 4.69) is 52.0 Å². The first kappa shape index (κ1) is 22.7. The molecular weight excluding hydrogens is 418 g/mol. The fourth-order valence-corrected chi connectivity index (χ4v) is 7.54. The Morgan fingerprint density at radius 3 is 2.29 bits per heavy atom. The van der Waals surface area contributed by atoms with Crippen LogP contribution in [0.2, 0.25) is 0 Å². The molecule has 3 heteroatoms. The second-order valence-corrected chi connectivity index (χ2v) is 12.7. The first-order valence-electron chi connectivity index (χ1n) is 13.8. The normalized spacial score (nSPS) is 27.5. The average molecular weight is 460 g/mol. The largest absolute Gasteiger partial charge is 0.388 e. The maximum absolute atomic E-state index is 11.5. The van der Waals surface area contributed by atoms with Gasteiger partial charge in [0, 0.05) is 22.7 Å². The van der Waals surface area contributed by atoms with E-state index in [0.29, 0.717) is 11.8 Å². The Bertz CT molecular complexity index is 1070. The molecule has 1 spiro atoms. The number of rotatable bonds is 3. The second-order valence-electron chi connectivity index (χ2n) is 12.7. The topological polar surface area (TPSA) is 42.4 Å². The standard InChI is InChI=1S/C31H41NO2/c1-19(2)20-11-13-22(14-12-20)29-26-27(31(34-29)15-7-8-16-31)25-23(17-30(3,4)18-24(25)33)32-28(26)21-9-5-6-10-21/h11-14,19,21,24,29,33H,5-10,15-18H2,1-4H3/t24-,29+/m0/s1. The molecule has 2 heterocycles. The fourth-order valence-electron chi connectivity index (χ4n) is 7.54. The van der Waals surface area contributed by atoms with Crippen molar-refractivity contribution in [1.29, 1.82) is 0 Å². The van der Waals surface area contributed by atoms with Crippen LogP contribution >= 0.6 is 0 Å². The number of hydrogen-bond acceptors (Lipinski definition) is 3. The first-order chi connectivity index (χ1) is 16.3. The van der Waals surface area contributed by atoms with E-state index in [-0.39, 0.29) is 17.1 Å². The maximum Gasteiger partial charge on any atom is 0.111 e. The highest BCUT2D eigenvalue weighted by atomic mass is 16.5. The third-order valence-corrected chi connectivity index (χ3v) is 9.23. The van der Waals surface area contributed by atoms with E-state index in [4.69, 9.17) is 9.72 Å². The van der Waals surface area contributed by atoms with Gasteiger partial charge in [0.15, 0.2) is 0 Å². The molecular formula is C31H41NO2. The van der Waals surface area contributed by atoms with Gasteiger partial charge in [0.05, 0.1) is 17.4 Å². The Hall–Kier alpha value is -1.71. The Morgan fingerprint density at radius 2 is 1.65 bits per heavy atom. The zero-order chi connectivity index (χ0) is 23.7. The minimum Gasteiger partial charge on any atom is -0.388 e. The molecule has 3 nitrogen and oxygen atoms in total. The van der Waals surface area contributed by atoms with Gasteiger partial charge in [-0.2, -0.15) is 0 Å². The smallest absolute Gasteiger partial charge is 0.111 e. The first-order valence-corrected chi connectivity index (χ1v) is 13.8. The molecule has 0 unspecified atom stereocenters. The number of hydrogen-bond donors (Lipinski definition) is 1. The van der Waals surface area contributed by atoms with Gasteiger partial charge < -0.3 is 9.84 Å². The number of ether oxygens (including phenoxy) is 1. The van der Waals surface area contributed by atoms with Crippen LogP contribution in [0, 0.1) is 5.41 Å². The summed E-state index contributed by atoms with van der Waals surface area (Å²) in [5, 5.41) is 11.5. The van der Waals surface area contributed by atoms with Crippen molar-refractivity contribution in [2.45, 2.75) is 122 Å². The maximum atomic E-state index is 11.5. The van der Waals surface area contributed by atoms with E-state index >= 15 is 0 Å². The lowest BCUT2D eigenvalue weighted by atomic mass is 9.70. The van der Waals surface area contributed by atoms with E-state index < -0.39 is 6.10 Å². The Labute approximate surface area is 205 Å². The summed E-state index contributed by atoms with van der Waals surface area (Å²) in [6.45, 7) is 9.07. The number of aliphatic hydroxyl groups is 1. The van der Waals surface area contributed by atoms with E-state index in [1.807, 2.05) is 0 Å². The second kappa shape index (κ2) is 8.17. The highest BCUT2D eigenvalue weighted by Crippen LogP contribution is 2.60. The summed E-state index contributed by atoms with van der Waals surface area (Å²) in [6.07, 6.45) is 10.9. The van der Waals surface area contributed by atoms with Crippen molar-refractivity contribution in [3.05, 3.63) is 63.5 Å². The monoisotopic (exact) mass is 459 g/mol. The van der Waals surface area contributed by atoms with Crippen molar-refractivity contribution >= 4 is 0 Å². The molecule has 0 saturated heterocycles. The van der Waals surface area contributed by atoms with E-state index in [1.165, 1.54) is 66.5 Å². The van der Waals surface area contributed by atoms with Gasteiger partial charge in [0.2, 0.25) is 0 Å². The molecule has 1 N–H and O–H groups in total. The van der Waals surface area contributed by atoms with Gasteiger partial charge in [-0.3, -0.25) is 4.98 Å². The number of aromatic nitrogens is 1. The van der Waals surface area contributed by atoms with Crippen LogP contribution in [0.1, 0.15) is 149 Å². The van der Waals surface area contributed by atoms with Crippen LogP contribution < -0.4 is 0 Å². The number of fused-ring (bicyclic) bond motifs is 4. The van der Waals surface area contributed by atoms with Crippen molar-refractivity contribution in [1.82, 2.24) is 4.98 Å². The molecule has 2 saturated carbocycles. The summed E-state index contributed by atoms with van der Waals surface area (Å²) in [5.74, 6) is 1.05. The molecule has 34 heavy (non-hydrogen) atoms. The molecule has 4 aliphatic rings. The quantitative estimate of drug-likeness (QED) is 0.510. The highest BCUT2D eigenvalue weighted by Gasteiger charge is 2.53. The van der Waals surface area contributed by atoms with Gasteiger partial charge in [-0.05, 0) is 66.5 Å². The van der Waals surface area contributed by atoms with Crippen LogP contribution in [0.5, 0.6) is 0 Å². The highest BCUT2D eigenvalue weighted by molar-refractivity contribution is 5.54. The molecule has 2 atom stereocenters. The molecule has 1 aromatic carbocycles. The molecule has 182 valence electrons. The predicted octanol–water partition coefficient (Wildman–Crippen LogP) is 7.76. The lowest BCUT2D eigenvalue weighted by Crippen LogP contribution is -2.32. The summed E-state index contributed by atoms with van der Waals surface area (Å²) >= 11 is 0. The van der Waals surface area contributed by atoms with Crippen LogP contribution in [0.25, 0.3) is 0 Å². The summed E-state index contributed by atoms with van der Waals surface area (Å²) in [4.78, 5) is 5.45. The number of benzene rings is 1. The zero-order valence-electron chi connectivity index (χ0n) is 21.5. The van der Waals surface area contributed by atoms with E-state index in [0.717, 1.165) is 36.9 Å². The van der Waals surface area contributed by atoms with Gasteiger partial charge in [-0.15, -0.1) is 0 Å². The van der Waals surface area contributed by atoms with Crippen LogP contribution in [0.15, 0.2) is 24.3 Å². The number of pyridine rings is 1. The molecule has 1 aliphatic heterocycles. The van der Waals surface area contributed by atoms with Crippen molar-refractivity contribution in [2.75, 3.05) is 0 Å². The Kier molecular flexibility index (Phi) is 5.46. The summed E-state index contributed by atoms with van der Waals surface area (Å²) < 4.78 is 7.18. The third-order valence-electron chi connectivity index (χ3n) is 9.23. The van der Waals surface area contributed by atoms with Crippen molar-refractivity contribution < 1.29 is 9.84 Å². The van der Waals surface area contributed by atoms with Gasteiger partial charge in [0.1, 0.15) is 6.10 Å². The summed E-state index contributed by atoms with van der Waals surface area (Å²) in [6, 6.07) is 9.13. The number of nitrogens with zero attached hydrogens (tertiary/aromatic N) is 1. The van der Waals surface area contributed by atoms with Crippen LogP contribution in [-0.2, 0) is 16.8 Å². The van der Waals surface area contributed by atoms with Crippen LogP contribution in [0.4, 0.5) is 0 Å². The predicted molar refractivity (Wildman–Crippen MR) is 136 cm³/mol. The van der Waals surface area contributed by atoms with Crippen molar-refractivity contribution in [2.24, 2.45) is 5.41 Å². The van der Waals surface area contributed by atoms with E-state index in [1.54, 1.807) is 0 Å². The minimum atomic E-state index is -0.444. The molecule has 1 aromatic heterocycles.